The monoisotopic (exact) mass is 111 g/mol. The van der Waals surface area contributed by atoms with Gasteiger partial charge < -0.3 is 0 Å². The SMILES string of the molecule is NP(N)(N)(N)N. The van der Waals surface area contributed by atoms with Crippen LogP contribution in [0.4, 0.5) is 0 Å². The van der Waals surface area contributed by atoms with Crippen molar-refractivity contribution in [2.45, 2.75) is 0 Å². The molecule has 0 bridgehead atoms. The standard InChI is InChI=1S/H10N5P/c1-6(2,3,4)5/h1-5H2. The van der Waals surface area contributed by atoms with Crippen molar-refractivity contribution in [3.63, 3.8) is 0 Å². The Kier molecular flexibility index (Phi) is 0.928. The Morgan fingerprint density at radius 3 is 0.667 bits per heavy atom. The molecule has 0 saturated heterocycles. The summed E-state index contributed by atoms with van der Waals surface area (Å²) in [5.41, 5.74) is 24.2. The van der Waals surface area contributed by atoms with E-state index in [0.717, 1.165) is 0 Å². The molecule has 0 aromatic rings. The normalized spacial score (nSPS) is 19.2. The molecule has 0 aliphatic rings. The van der Waals surface area contributed by atoms with Crippen LogP contribution in [0.15, 0.2) is 0 Å². The second-order valence-corrected chi connectivity index (χ2v) is 4.47. The van der Waals surface area contributed by atoms with Crippen LogP contribution in [0.3, 0.4) is 0 Å². The van der Waals surface area contributed by atoms with E-state index in [4.69, 9.17) is 27.5 Å². The predicted molar refractivity (Wildman–Crippen MR) is 27.9 cm³/mol. The Balaban J connectivity index is 3.73. The molecule has 10 N–H and O–H groups in total. The van der Waals surface area contributed by atoms with Gasteiger partial charge in [0.25, 0.3) is 0 Å². The van der Waals surface area contributed by atoms with Crippen LogP contribution in [0.5, 0.6) is 0 Å². The van der Waals surface area contributed by atoms with Gasteiger partial charge in [0.05, 0.1) is 0 Å². The van der Waals surface area contributed by atoms with E-state index in [-0.39, 0.29) is 0 Å². The molecule has 0 fully saturated rings. The Hall–Kier alpha value is 0.230. The molecule has 0 unspecified atom stereocenters. The van der Waals surface area contributed by atoms with E-state index in [0.29, 0.717) is 0 Å². The molecule has 5 nitrogen and oxygen atoms in total. The first-order valence-electron chi connectivity index (χ1n) is 1.29. The maximum absolute atomic E-state index is 4.84. The summed E-state index contributed by atoms with van der Waals surface area (Å²) in [6.07, 6.45) is 0. The Labute approximate surface area is 36.0 Å². The van der Waals surface area contributed by atoms with Gasteiger partial charge in [-0.05, 0) is 0 Å². The van der Waals surface area contributed by atoms with Gasteiger partial charge in [-0.2, -0.15) is 0 Å². The molecule has 40 valence electrons. The second kappa shape index (κ2) is 0.894. The topological polar surface area (TPSA) is 130 Å². The van der Waals surface area contributed by atoms with E-state index in [2.05, 4.69) is 0 Å². The zero-order valence-corrected chi connectivity index (χ0v) is 4.23. The predicted octanol–water partition coefficient (Wildman–Crippen LogP) is -2.09. The molecule has 0 rings (SSSR count). The van der Waals surface area contributed by atoms with Gasteiger partial charge in [0, 0.05) is 0 Å². The molecule has 0 amide bonds. The van der Waals surface area contributed by atoms with Crippen LogP contribution >= 0.6 is 7.36 Å². The zero-order valence-electron chi connectivity index (χ0n) is 3.33. The van der Waals surface area contributed by atoms with Crippen molar-refractivity contribution in [3.8, 4) is 0 Å². The molecule has 0 spiro atoms. The van der Waals surface area contributed by atoms with E-state index in [1.165, 1.54) is 0 Å². The molecule has 6 heavy (non-hydrogen) atoms. The molecule has 0 aliphatic carbocycles. The number of rotatable bonds is 0. The first kappa shape index (κ1) is 6.23. The fraction of sp³-hybridized carbons (Fsp3) is 0. The van der Waals surface area contributed by atoms with Crippen molar-refractivity contribution in [2.24, 2.45) is 27.5 Å². The van der Waals surface area contributed by atoms with Crippen molar-refractivity contribution in [1.82, 2.24) is 0 Å². The van der Waals surface area contributed by atoms with Crippen molar-refractivity contribution in [1.29, 1.82) is 0 Å². The second-order valence-electron chi connectivity index (χ2n) is 1.49. The van der Waals surface area contributed by atoms with Crippen molar-refractivity contribution >= 4 is 7.36 Å². The Morgan fingerprint density at radius 1 is 0.667 bits per heavy atom. The summed E-state index contributed by atoms with van der Waals surface area (Å²) in [6.45, 7) is 0. The van der Waals surface area contributed by atoms with E-state index < -0.39 is 7.36 Å². The van der Waals surface area contributed by atoms with Crippen LogP contribution in [-0.4, -0.2) is 0 Å². The summed E-state index contributed by atoms with van der Waals surface area (Å²) in [5.74, 6) is 0. The van der Waals surface area contributed by atoms with Crippen LogP contribution in [-0.2, 0) is 0 Å². The average molecular weight is 111 g/mol. The van der Waals surface area contributed by atoms with Gasteiger partial charge in [-0.25, -0.2) is 0 Å². The van der Waals surface area contributed by atoms with Gasteiger partial charge in [0.1, 0.15) is 0 Å². The maximum atomic E-state index is 4.84. The van der Waals surface area contributed by atoms with Crippen LogP contribution in [0, 0.1) is 0 Å². The molecule has 0 aromatic heterocycles. The molecule has 0 saturated carbocycles. The van der Waals surface area contributed by atoms with E-state index in [9.17, 15) is 0 Å². The molecule has 0 aliphatic heterocycles. The van der Waals surface area contributed by atoms with E-state index in [1.807, 2.05) is 0 Å². The molecule has 0 aromatic carbocycles. The van der Waals surface area contributed by atoms with E-state index >= 15 is 0 Å². The third-order valence-electron chi connectivity index (χ3n) is 0. The average Bonchev–Trinajstić information content (AvgIpc) is 0.650. The van der Waals surface area contributed by atoms with Crippen LogP contribution in [0.2, 0.25) is 0 Å². The van der Waals surface area contributed by atoms with Gasteiger partial charge in [0.15, 0.2) is 0 Å². The first-order valence-corrected chi connectivity index (χ1v) is 3.87. The quantitative estimate of drug-likeness (QED) is 0.229. The summed E-state index contributed by atoms with van der Waals surface area (Å²) in [4.78, 5) is 0. The van der Waals surface area contributed by atoms with E-state index in [1.54, 1.807) is 0 Å². The summed E-state index contributed by atoms with van der Waals surface area (Å²) >= 11 is 0. The summed E-state index contributed by atoms with van der Waals surface area (Å²) in [6, 6.07) is 0. The summed E-state index contributed by atoms with van der Waals surface area (Å²) < 4.78 is 0. The Morgan fingerprint density at radius 2 is 0.667 bits per heavy atom. The third kappa shape index (κ3) is 834. The molecule has 0 heterocycles. The molecule has 0 radical (unpaired) electrons. The van der Waals surface area contributed by atoms with Crippen molar-refractivity contribution in [3.05, 3.63) is 0 Å². The molecular formula is H10N5P. The van der Waals surface area contributed by atoms with Crippen LogP contribution < -0.4 is 27.5 Å². The minimum atomic E-state index is -3.55. The number of hydrogen-bond donors (Lipinski definition) is 5. The molecular weight excluding hydrogens is 101 g/mol. The Bertz CT molecular complexity index is 37.1. The third-order valence-corrected chi connectivity index (χ3v) is 0. The number of nitrogens with two attached hydrogens (primary N) is 5. The zero-order chi connectivity index (χ0) is 5.45. The van der Waals surface area contributed by atoms with Gasteiger partial charge in [0.2, 0.25) is 0 Å². The van der Waals surface area contributed by atoms with Crippen molar-refractivity contribution < 1.29 is 0 Å². The summed E-state index contributed by atoms with van der Waals surface area (Å²) in [7, 11) is -3.55. The fourth-order valence-electron chi connectivity index (χ4n) is 0. The van der Waals surface area contributed by atoms with Crippen LogP contribution in [0.1, 0.15) is 0 Å². The van der Waals surface area contributed by atoms with Crippen molar-refractivity contribution in [2.75, 3.05) is 0 Å². The fourth-order valence-corrected chi connectivity index (χ4v) is 0. The molecule has 6 heteroatoms. The number of hydrogen-bond acceptors (Lipinski definition) is 5. The van der Waals surface area contributed by atoms with Gasteiger partial charge in [-0.15, -0.1) is 0 Å². The van der Waals surface area contributed by atoms with Crippen LogP contribution in [0.25, 0.3) is 0 Å². The summed E-state index contributed by atoms with van der Waals surface area (Å²) in [5, 5.41) is 0. The minimum absolute atomic E-state index is 3.55. The first-order chi connectivity index (χ1) is 2.24. The van der Waals surface area contributed by atoms with Gasteiger partial charge >= 0.3 is 34.9 Å². The molecule has 0 atom stereocenters. The van der Waals surface area contributed by atoms with Gasteiger partial charge in [-0.1, -0.05) is 0 Å². The van der Waals surface area contributed by atoms with Gasteiger partial charge in [-0.3, -0.25) is 0 Å².